The summed E-state index contributed by atoms with van der Waals surface area (Å²) in [6.45, 7) is 3.66. The molecule has 2 saturated heterocycles. The maximum atomic E-state index is 9.04. The average molecular weight is 215 g/mol. The topological polar surface area (TPSA) is 41.9 Å². The maximum absolute atomic E-state index is 9.04. The van der Waals surface area contributed by atoms with Gasteiger partial charge in [-0.1, -0.05) is 6.42 Å². The number of hydrogen-bond donors (Lipinski definition) is 1. The zero-order valence-corrected chi connectivity index (χ0v) is 9.61. The number of nitrogens with zero attached hydrogens (tertiary/aromatic N) is 1. The Morgan fingerprint density at radius 1 is 1.47 bits per heavy atom. The molecule has 15 heavy (non-hydrogen) atoms. The van der Waals surface area contributed by atoms with Crippen LogP contribution < -0.4 is 0 Å². The van der Waals surface area contributed by atoms with E-state index in [1.165, 1.54) is 12.8 Å². The smallest absolute Gasteiger partial charge is 0.181 e. The third-order valence-electron chi connectivity index (χ3n) is 3.54. The molecule has 2 aliphatic rings. The fourth-order valence-corrected chi connectivity index (χ4v) is 2.66. The minimum atomic E-state index is -0.525. The van der Waals surface area contributed by atoms with Crippen molar-refractivity contribution in [1.29, 1.82) is 0 Å². The van der Waals surface area contributed by atoms with E-state index in [1.54, 1.807) is 0 Å². The van der Waals surface area contributed by atoms with Crippen LogP contribution in [0.3, 0.4) is 0 Å². The molecular weight excluding hydrogens is 194 g/mol. The van der Waals surface area contributed by atoms with Crippen molar-refractivity contribution in [2.75, 3.05) is 26.8 Å². The van der Waals surface area contributed by atoms with Crippen LogP contribution in [0.4, 0.5) is 0 Å². The Kier molecular flexibility index (Phi) is 3.30. The minimum Gasteiger partial charge on any atom is -0.394 e. The van der Waals surface area contributed by atoms with Gasteiger partial charge in [-0.2, -0.15) is 0 Å². The molecular formula is C11H21NO3. The summed E-state index contributed by atoms with van der Waals surface area (Å²) < 4.78 is 11.5. The van der Waals surface area contributed by atoms with Crippen LogP contribution in [-0.2, 0) is 9.47 Å². The van der Waals surface area contributed by atoms with Gasteiger partial charge >= 0.3 is 0 Å². The SMILES string of the molecule is CN1CCCCC1C1(C)OCC(CO)O1. The first-order valence-corrected chi connectivity index (χ1v) is 5.78. The molecule has 2 heterocycles. The maximum Gasteiger partial charge on any atom is 0.181 e. The van der Waals surface area contributed by atoms with Gasteiger partial charge in [0.1, 0.15) is 6.10 Å². The number of ether oxygens (including phenoxy) is 2. The summed E-state index contributed by atoms with van der Waals surface area (Å²) in [6.07, 6.45) is 3.46. The summed E-state index contributed by atoms with van der Waals surface area (Å²) >= 11 is 0. The third-order valence-corrected chi connectivity index (χ3v) is 3.54. The molecule has 4 nitrogen and oxygen atoms in total. The van der Waals surface area contributed by atoms with Gasteiger partial charge in [0.05, 0.1) is 19.3 Å². The number of piperidine rings is 1. The van der Waals surface area contributed by atoms with Gasteiger partial charge in [-0.15, -0.1) is 0 Å². The van der Waals surface area contributed by atoms with Gasteiger partial charge in [0.15, 0.2) is 5.79 Å². The Bertz CT molecular complexity index is 224. The average Bonchev–Trinajstić information content (AvgIpc) is 2.62. The molecule has 1 N–H and O–H groups in total. The molecule has 0 aliphatic carbocycles. The van der Waals surface area contributed by atoms with E-state index >= 15 is 0 Å². The van der Waals surface area contributed by atoms with Gasteiger partial charge < -0.3 is 14.6 Å². The molecule has 0 radical (unpaired) electrons. The Morgan fingerprint density at radius 3 is 2.87 bits per heavy atom. The van der Waals surface area contributed by atoms with E-state index in [9.17, 15) is 0 Å². The largest absolute Gasteiger partial charge is 0.394 e. The van der Waals surface area contributed by atoms with Crippen molar-refractivity contribution < 1.29 is 14.6 Å². The van der Waals surface area contributed by atoms with Crippen LogP contribution in [0.15, 0.2) is 0 Å². The number of likely N-dealkylation sites (tertiary alicyclic amines) is 1. The zero-order chi connectivity index (χ0) is 10.9. The van der Waals surface area contributed by atoms with E-state index in [0.717, 1.165) is 13.0 Å². The monoisotopic (exact) mass is 215 g/mol. The highest BCUT2D eigenvalue weighted by atomic mass is 16.7. The normalized spacial score (nSPS) is 43.4. The molecule has 0 aromatic carbocycles. The fraction of sp³-hybridized carbons (Fsp3) is 1.00. The van der Waals surface area contributed by atoms with Crippen molar-refractivity contribution in [3.8, 4) is 0 Å². The first kappa shape index (κ1) is 11.3. The van der Waals surface area contributed by atoms with Crippen LogP contribution in [0, 0.1) is 0 Å². The second-order valence-electron chi connectivity index (χ2n) is 4.74. The minimum absolute atomic E-state index is 0.0476. The van der Waals surface area contributed by atoms with Crippen LogP contribution in [0.5, 0.6) is 0 Å². The standard InChI is InChI=1S/C11H21NO3/c1-11(14-8-9(7-13)15-11)10-5-3-4-6-12(10)2/h9-10,13H,3-8H2,1-2H3. The van der Waals surface area contributed by atoms with E-state index in [2.05, 4.69) is 11.9 Å². The van der Waals surface area contributed by atoms with E-state index in [0.29, 0.717) is 12.6 Å². The van der Waals surface area contributed by atoms with Crippen LogP contribution >= 0.6 is 0 Å². The van der Waals surface area contributed by atoms with E-state index in [4.69, 9.17) is 14.6 Å². The first-order chi connectivity index (χ1) is 7.15. The summed E-state index contributed by atoms with van der Waals surface area (Å²) in [6, 6.07) is 0.322. The van der Waals surface area contributed by atoms with Crippen molar-refractivity contribution in [3.63, 3.8) is 0 Å². The third kappa shape index (κ3) is 2.18. The molecule has 0 aromatic heterocycles. The predicted octanol–water partition coefficient (Wildman–Crippen LogP) is 0.595. The Balaban J connectivity index is 2.02. The van der Waals surface area contributed by atoms with Crippen molar-refractivity contribution in [1.82, 2.24) is 4.90 Å². The highest BCUT2D eigenvalue weighted by Crippen LogP contribution is 2.33. The summed E-state index contributed by atoms with van der Waals surface area (Å²) in [5.41, 5.74) is 0. The van der Waals surface area contributed by atoms with E-state index in [1.807, 2.05) is 6.92 Å². The molecule has 0 spiro atoms. The Hall–Kier alpha value is -0.160. The first-order valence-electron chi connectivity index (χ1n) is 5.78. The Morgan fingerprint density at radius 2 is 2.27 bits per heavy atom. The summed E-state index contributed by atoms with van der Waals surface area (Å²) in [7, 11) is 2.12. The second kappa shape index (κ2) is 4.37. The van der Waals surface area contributed by atoms with Gasteiger partial charge in [0, 0.05) is 0 Å². The molecule has 0 aromatic rings. The molecule has 2 aliphatic heterocycles. The van der Waals surface area contributed by atoms with Gasteiger partial charge in [0.2, 0.25) is 0 Å². The number of rotatable bonds is 2. The number of likely N-dealkylation sites (N-methyl/N-ethyl adjacent to an activating group) is 1. The lowest BCUT2D eigenvalue weighted by atomic mass is 9.96. The lowest BCUT2D eigenvalue weighted by molar-refractivity contribution is -0.203. The van der Waals surface area contributed by atoms with Crippen molar-refractivity contribution in [3.05, 3.63) is 0 Å². The second-order valence-corrected chi connectivity index (χ2v) is 4.74. The number of aliphatic hydroxyl groups is 1. The quantitative estimate of drug-likeness (QED) is 0.732. The fourth-order valence-electron chi connectivity index (χ4n) is 2.66. The van der Waals surface area contributed by atoms with Gasteiger partial charge in [-0.3, -0.25) is 4.90 Å². The molecule has 88 valence electrons. The highest BCUT2D eigenvalue weighted by Gasteiger charge is 2.45. The van der Waals surface area contributed by atoms with Gasteiger partial charge in [-0.05, 0) is 33.4 Å². The summed E-state index contributed by atoms with van der Waals surface area (Å²) in [5, 5.41) is 9.04. The summed E-state index contributed by atoms with van der Waals surface area (Å²) in [5.74, 6) is -0.525. The molecule has 0 bridgehead atoms. The molecule has 3 unspecified atom stereocenters. The van der Waals surface area contributed by atoms with Crippen molar-refractivity contribution in [2.45, 2.75) is 44.1 Å². The van der Waals surface area contributed by atoms with Gasteiger partial charge in [0.25, 0.3) is 0 Å². The van der Waals surface area contributed by atoms with Crippen LogP contribution in [0.25, 0.3) is 0 Å². The molecule has 3 atom stereocenters. The van der Waals surface area contributed by atoms with Crippen LogP contribution in [-0.4, -0.2) is 54.7 Å². The highest BCUT2D eigenvalue weighted by molar-refractivity contribution is 4.89. The predicted molar refractivity (Wildman–Crippen MR) is 56.6 cm³/mol. The van der Waals surface area contributed by atoms with Crippen LogP contribution in [0.2, 0.25) is 0 Å². The lowest BCUT2D eigenvalue weighted by Gasteiger charge is -2.41. The van der Waals surface area contributed by atoms with E-state index in [-0.39, 0.29) is 12.7 Å². The molecule has 2 fully saturated rings. The number of aliphatic hydroxyl groups excluding tert-OH is 1. The molecule has 0 saturated carbocycles. The molecule has 0 amide bonds. The Labute approximate surface area is 91.2 Å². The van der Waals surface area contributed by atoms with Crippen molar-refractivity contribution >= 4 is 0 Å². The number of hydrogen-bond acceptors (Lipinski definition) is 4. The lowest BCUT2D eigenvalue weighted by Crippen LogP contribution is -2.52. The molecule has 4 heteroatoms. The van der Waals surface area contributed by atoms with Gasteiger partial charge in [-0.25, -0.2) is 0 Å². The molecule has 2 rings (SSSR count). The zero-order valence-electron chi connectivity index (χ0n) is 9.61. The summed E-state index contributed by atoms with van der Waals surface area (Å²) in [4.78, 5) is 2.31. The van der Waals surface area contributed by atoms with Crippen LogP contribution in [0.1, 0.15) is 26.2 Å². The van der Waals surface area contributed by atoms with Crippen molar-refractivity contribution in [2.24, 2.45) is 0 Å². The van der Waals surface area contributed by atoms with E-state index < -0.39 is 5.79 Å².